The molecule has 2 N–H and O–H groups in total. The summed E-state index contributed by atoms with van der Waals surface area (Å²) < 4.78 is 5.51. The Morgan fingerprint density at radius 3 is 2.59 bits per heavy atom. The smallest absolute Gasteiger partial charge is 0.0724 e. The molecule has 2 saturated carbocycles. The summed E-state index contributed by atoms with van der Waals surface area (Å²) in [5, 5.41) is 13.3. The predicted molar refractivity (Wildman–Crippen MR) is 69.0 cm³/mol. The van der Waals surface area contributed by atoms with Crippen molar-refractivity contribution in [2.24, 2.45) is 5.41 Å². The number of hydrogen-bond donors (Lipinski definition) is 2. The Hall–Kier alpha value is -0.120. The van der Waals surface area contributed by atoms with Gasteiger partial charge in [0.25, 0.3) is 0 Å². The van der Waals surface area contributed by atoms with Crippen molar-refractivity contribution < 1.29 is 9.84 Å². The molecule has 0 aliphatic heterocycles. The van der Waals surface area contributed by atoms with E-state index in [9.17, 15) is 5.11 Å². The van der Waals surface area contributed by atoms with E-state index in [0.29, 0.717) is 18.8 Å². The van der Waals surface area contributed by atoms with Crippen LogP contribution in [0.4, 0.5) is 0 Å². The van der Waals surface area contributed by atoms with Crippen molar-refractivity contribution >= 4 is 0 Å². The molecule has 0 heterocycles. The largest absolute Gasteiger partial charge is 0.396 e. The highest BCUT2D eigenvalue weighted by atomic mass is 16.5. The molecule has 17 heavy (non-hydrogen) atoms. The van der Waals surface area contributed by atoms with Gasteiger partial charge in [0.1, 0.15) is 0 Å². The third kappa shape index (κ3) is 3.21. The second-order valence-corrected chi connectivity index (χ2v) is 5.91. The van der Waals surface area contributed by atoms with Crippen LogP contribution in [0.25, 0.3) is 0 Å². The summed E-state index contributed by atoms with van der Waals surface area (Å²) in [6, 6.07) is 0.505. The van der Waals surface area contributed by atoms with Crippen molar-refractivity contribution in [2.45, 2.75) is 63.5 Å². The summed E-state index contributed by atoms with van der Waals surface area (Å²) in [6.45, 7) is 1.30. The topological polar surface area (TPSA) is 41.5 Å². The van der Waals surface area contributed by atoms with E-state index in [4.69, 9.17) is 4.74 Å². The van der Waals surface area contributed by atoms with Gasteiger partial charge in [-0.05, 0) is 32.1 Å². The fraction of sp³-hybridized carbons (Fsp3) is 1.00. The first-order valence-electron chi connectivity index (χ1n) is 7.17. The molecule has 2 aliphatic carbocycles. The number of aliphatic hydroxyl groups excluding tert-OH is 1. The Bertz CT molecular complexity index is 226. The molecular weight excluding hydrogens is 214 g/mol. The maximum Gasteiger partial charge on any atom is 0.0724 e. The molecule has 0 aromatic rings. The Morgan fingerprint density at radius 1 is 1.18 bits per heavy atom. The fourth-order valence-corrected chi connectivity index (χ4v) is 3.48. The van der Waals surface area contributed by atoms with E-state index in [0.717, 1.165) is 6.54 Å². The Kier molecular flexibility index (Phi) is 4.83. The molecule has 0 aromatic carbocycles. The van der Waals surface area contributed by atoms with E-state index in [1.54, 1.807) is 0 Å². The predicted octanol–water partition coefficient (Wildman–Crippen LogP) is 2.09. The fourth-order valence-electron chi connectivity index (χ4n) is 3.48. The van der Waals surface area contributed by atoms with E-state index in [2.05, 4.69) is 5.32 Å². The molecule has 0 amide bonds. The van der Waals surface area contributed by atoms with Crippen LogP contribution >= 0.6 is 0 Å². The summed E-state index contributed by atoms with van der Waals surface area (Å²) >= 11 is 0. The van der Waals surface area contributed by atoms with Crippen molar-refractivity contribution in [3.05, 3.63) is 0 Å². The maximum absolute atomic E-state index is 9.67. The third-order valence-electron chi connectivity index (χ3n) is 4.74. The highest BCUT2D eigenvalue weighted by Crippen LogP contribution is 2.35. The summed E-state index contributed by atoms with van der Waals surface area (Å²) in [4.78, 5) is 0. The van der Waals surface area contributed by atoms with Crippen LogP contribution in [0, 0.1) is 5.41 Å². The van der Waals surface area contributed by atoms with Crippen LogP contribution in [-0.4, -0.2) is 37.5 Å². The van der Waals surface area contributed by atoms with Crippen LogP contribution in [-0.2, 0) is 4.74 Å². The molecule has 100 valence electrons. The van der Waals surface area contributed by atoms with Crippen molar-refractivity contribution in [1.82, 2.24) is 5.32 Å². The molecule has 0 spiro atoms. The van der Waals surface area contributed by atoms with E-state index in [-0.39, 0.29) is 5.41 Å². The van der Waals surface area contributed by atoms with Crippen LogP contribution in [0.2, 0.25) is 0 Å². The standard InChI is InChI=1S/C14H27NO2/c1-17-13-7-5-6-12(13)15-10-14(11-16)8-3-2-4-9-14/h12-13,15-16H,2-11H2,1H3. The number of rotatable bonds is 5. The molecule has 3 heteroatoms. The lowest BCUT2D eigenvalue weighted by Gasteiger charge is -2.37. The van der Waals surface area contributed by atoms with Crippen molar-refractivity contribution in [3.8, 4) is 0 Å². The minimum Gasteiger partial charge on any atom is -0.396 e. The molecule has 2 atom stereocenters. The Labute approximate surface area is 105 Å². The summed E-state index contributed by atoms with van der Waals surface area (Å²) in [7, 11) is 1.81. The van der Waals surface area contributed by atoms with E-state index < -0.39 is 0 Å². The number of methoxy groups -OCH3 is 1. The number of nitrogens with one attached hydrogen (secondary N) is 1. The molecule has 0 aromatic heterocycles. The van der Waals surface area contributed by atoms with Crippen LogP contribution in [0.15, 0.2) is 0 Å². The van der Waals surface area contributed by atoms with Crippen LogP contribution in [0.1, 0.15) is 51.4 Å². The van der Waals surface area contributed by atoms with Gasteiger partial charge in [0, 0.05) is 31.7 Å². The zero-order valence-corrected chi connectivity index (χ0v) is 11.1. The quantitative estimate of drug-likeness (QED) is 0.774. The number of ether oxygens (including phenoxy) is 1. The molecule has 0 bridgehead atoms. The highest BCUT2D eigenvalue weighted by Gasteiger charge is 2.34. The third-order valence-corrected chi connectivity index (χ3v) is 4.74. The number of hydrogen-bond acceptors (Lipinski definition) is 3. The summed E-state index contributed by atoms with van der Waals surface area (Å²) in [6.07, 6.45) is 10.3. The minimum absolute atomic E-state index is 0.152. The van der Waals surface area contributed by atoms with Gasteiger partial charge in [0.2, 0.25) is 0 Å². The van der Waals surface area contributed by atoms with Gasteiger partial charge < -0.3 is 15.2 Å². The first-order valence-corrected chi connectivity index (χ1v) is 7.17. The van der Waals surface area contributed by atoms with Gasteiger partial charge in [0.15, 0.2) is 0 Å². The number of aliphatic hydroxyl groups is 1. The van der Waals surface area contributed by atoms with E-state index >= 15 is 0 Å². The van der Waals surface area contributed by atoms with Crippen LogP contribution in [0.3, 0.4) is 0 Å². The van der Waals surface area contributed by atoms with Gasteiger partial charge in [-0.2, -0.15) is 0 Å². The lowest BCUT2D eigenvalue weighted by molar-refractivity contribution is 0.0552. The van der Waals surface area contributed by atoms with Crippen molar-refractivity contribution in [3.63, 3.8) is 0 Å². The molecule has 0 radical (unpaired) electrons. The summed E-state index contributed by atoms with van der Waals surface area (Å²) in [5.41, 5.74) is 0.152. The first-order chi connectivity index (χ1) is 8.29. The van der Waals surface area contributed by atoms with Gasteiger partial charge >= 0.3 is 0 Å². The van der Waals surface area contributed by atoms with Gasteiger partial charge in [-0.25, -0.2) is 0 Å². The molecule has 2 fully saturated rings. The first kappa shape index (κ1) is 13.3. The zero-order valence-electron chi connectivity index (χ0n) is 11.1. The maximum atomic E-state index is 9.67. The molecule has 2 rings (SSSR count). The average Bonchev–Trinajstić information content (AvgIpc) is 2.85. The molecule has 3 nitrogen and oxygen atoms in total. The molecule has 2 unspecified atom stereocenters. The van der Waals surface area contributed by atoms with Gasteiger partial charge in [0.05, 0.1) is 6.10 Å². The second kappa shape index (κ2) is 6.17. The average molecular weight is 241 g/mol. The van der Waals surface area contributed by atoms with Crippen molar-refractivity contribution in [1.29, 1.82) is 0 Å². The van der Waals surface area contributed by atoms with Crippen molar-refractivity contribution in [2.75, 3.05) is 20.3 Å². The van der Waals surface area contributed by atoms with Gasteiger partial charge in [-0.1, -0.05) is 19.3 Å². The second-order valence-electron chi connectivity index (χ2n) is 5.91. The highest BCUT2D eigenvalue weighted by molar-refractivity contribution is 4.89. The van der Waals surface area contributed by atoms with E-state index in [1.165, 1.54) is 51.4 Å². The molecule has 2 aliphatic rings. The SMILES string of the molecule is COC1CCCC1NCC1(CO)CCCCC1. The van der Waals surface area contributed by atoms with Crippen LogP contribution in [0.5, 0.6) is 0 Å². The lowest BCUT2D eigenvalue weighted by atomic mass is 9.74. The minimum atomic E-state index is 0.152. The summed E-state index contributed by atoms with van der Waals surface area (Å²) in [5.74, 6) is 0. The molecule has 0 saturated heterocycles. The Balaban J connectivity index is 1.82. The lowest BCUT2D eigenvalue weighted by Crippen LogP contribution is -2.45. The van der Waals surface area contributed by atoms with Gasteiger partial charge in [-0.15, -0.1) is 0 Å². The molecular formula is C14H27NO2. The van der Waals surface area contributed by atoms with Gasteiger partial charge in [-0.3, -0.25) is 0 Å². The van der Waals surface area contributed by atoms with E-state index in [1.807, 2.05) is 7.11 Å². The van der Waals surface area contributed by atoms with Crippen LogP contribution < -0.4 is 5.32 Å². The zero-order chi connectivity index (χ0) is 12.1. The Morgan fingerprint density at radius 2 is 1.94 bits per heavy atom. The monoisotopic (exact) mass is 241 g/mol. The normalized spacial score (nSPS) is 32.8.